The van der Waals surface area contributed by atoms with Crippen molar-refractivity contribution in [2.45, 2.75) is 37.5 Å². The molecule has 2 saturated heterocycles. The smallest absolute Gasteiger partial charge is 0.241 e. The van der Waals surface area contributed by atoms with E-state index in [0.717, 1.165) is 18.4 Å². The summed E-state index contributed by atoms with van der Waals surface area (Å²) in [7, 11) is 1.61. The molecule has 1 aromatic carbocycles. The molecule has 3 unspecified atom stereocenters. The highest BCUT2D eigenvalue weighted by atomic mass is 35.5. The van der Waals surface area contributed by atoms with Crippen molar-refractivity contribution in [2.75, 3.05) is 26.7 Å². The predicted octanol–water partition coefficient (Wildman–Crippen LogP) is 1.18. The van der Waals surface area contributed by atoms with Crippen LogP contribution in [0.1, 0.15) is 30.9 Å². The Morgan fingerprint density at radius 3 is 2.56 bits per heavy atom. The van der Waals surface area contributed by atoms with E-state index in [9.17, 15) is 14.7 Å². The average molecular weight is 366 g/mol. The van der Waals surface area contributed by atoms with Crippen LogP contribution in [-0.4, -0.2) is 65.5 Å². The van der Waals surface area contributed by atoms with Gasteiger partial charge in [-0.3, -0.25) is 14.5 Å². The maximum absolute atomic E-state index is 12.9. The summed E-state index contributed by atoms with van der Waals surface area (Å²) in [6, 6.07) is 6.34. The highest BCUT2D eigenvalue weighted by Gasteiger charge is 2.41. The molecule has 25 heavy (non-hydrogen) atoms. The minimum atomic E-state index is -0.522. The predicted molar refractivity (Wildman–Crippen MR) is 95.2 cm³/mol. The van der Waals surface area contributed by atoms with E-state index in [1.54, 1.807) is 24.1 Å². The fourth-order valence-corrected chi connectivity index (χ4v) is 3.92. The van der Waals surface area contributed by atoms with Crippen molar-refractivity contribution in [2.24, 2.45) is 0 Å². The van der Waals surface area contributed by atoms with Gasteiger partial charge in [-0.2, -0.15) is 0 Å². The first-order chi connectivity index (χ1) is 12.0. The van der Waals surface area contributed by atoms with Crippen LogP contribution < -0.4 is 5.32 Å². The SMILES string of the molecule is CNC(=O)C(c1ccc(Cl)cc1)N1CCCC1C(=O)N1CCC(O)C1. The molecular weight excluding hydrogens is 342 g/mol. The lowest BCUT2D eigenvalue weighted by molar-refractivity contribution is -0.138. The molecule has 0 saturated carbocycles. The Hall–Kier alpha value is -1.63. The number of hydrogen-bond donors (Lipinski definition) is 2. The molecule has 2 N–H and O–H groups in total. The lowest BCUT2D eigenvalue weighted by atomic mass is 10.0. The zero-order chi connectivity index (χ0) is 18.0. The molecule has 3 atom stereocenters. The standard InChI is InChI=1S/C18H24ClN3O3/c1-20-17(24)16(12-4-6-13(19)7-5-12)22-9-2-3-15(22)18(25)21-10-8-14(23)11-21/h4-7,14-16,23H,2-3,8-11H2,1H3,(H,20,24). The molecule has 2 aliphatic heterocycles. The van der Waals surface area contributed by atoms with Crippen molar-refractivity contribution in [1.82, 2.24) is 15.1 Å². The number of carbonyl (C=O) groups excluding carboxylic acids is 2. The quantitative estimate of drug-likeness (QED) is 0.840. The minimum absolute atomic E-state index is 0.0110. The van der Waals surface area contributed by atoms with E-state index in [-0.39, 0.29) is 17.9 Å². The third kappa shape index (κ3) is 3.81. The summed E-state index contributed by atoms with van der Waals surface area (Å²) in [4.78, 5) is 29.2. The topological polar surface area (TPSA) is 72.9 Å². The Morgan fingerprint density at radius 2 is 1.96 bits per heavy atom. The molecule has 2 heterocycles. The lowest BCUT2D eigenvalue weighted by Crippen LogP contribution is -2.49. The van der Waals surface area contributed by atoms with Crippen LogP contribution >= 0.6 is 11.6 Å². The molecule has 3 rings (SSSR count). The maximum atomic E-state index is 12.9. The number of carbonyl (C=O) groups is 2. The number of aliphatic hydroxyl groups excluding tert-OH is 1. The molecule has 0 radical (unpaired) electrons. The fourth-order valence-electron chi connectivity index (χ4n) is 3.79. The molecule has 0 aliphatic carbocycles. The van der Waals surface area contributed by atoms with E-state index in [1.807, 2.05) is 17.0 Å². The van der Waals surface area contributed by atoms with Gasteiger partial charge in [0.15, 0.2) is 0 Å². The zero-order valence-corrected chi connectivity index (χ0v) is 15.1. The number of nitrogens with zero attached hydrogens (tertiary/aromatic N) is 2. The van der Waals surface area contributed by atoms with Crippen LogP contribution in [0.4, 0.5) is 0 Å². The molecule has 0 spiro atoms. The van der Waals surface area contributed by atoms with Crippen LogP contribution in [0.5, 0.6) is 0 Å². The first kappa shape index (κ1) is 18.2. The second-order valence-corrected chi connectivity index (χ2v) is 7.13. The van der Waals surface area contributed by atoms with Gasteiger partial charge in [0.05, 0.1) is 12.1 Å². The Balaban J connectivity index is 1.85. The highest BCUT2D eigenvalue weighted by molar-refractivity contribution is 6.30. The van der Waals surface area contributed by atoms with Gasteiger partial charge in [0, 0.05) is 31.7 Å². The number of rotatable bonds is 4. The molecule has 2 amide bonds. The van der Waals surface area contributed by atoms with Crippen molar-refractivity contribution in [3.63, 3.8) is 0 Å². The van der Waals surface area contributed by atoms with Crippen molar-refractivity contribution in [1.29, 1.82) is 0 Å². The number of likely N-dealkylation sites (tertiary alicyclic amines) is 2. The first-order valence-electron chi connectivity index (χ1n) is 8.71. The summed E-state index contributed by atoms with van der Waals surface area (Å²) in [5.74, 6) is -0.125. The van der Waals surface area contributed by atoms with E-state index in [0.29, 0.717) is 31.1 Å². The van der Waals surface area contributed by atoms with Crippen LogP contribution in [0, 0.1) is 0 Å². The molecule has 2 fully saturated rings. The van der Waals surface area contributed by atoms with Gasteiger partial charge in [-0.05, 0) is 37.0 Å². The van der Waals surface area contributed by atoms with E-state index in [2.05, 4.69) is 5.32 Å². The van der Waals surface area contributed by atoms with Gasteiger partial charge in [-0.15, -0.1) is 0 Å². The van der Waals surface area contributed by atoms with E-state index in [1.165, 1.54) is 0 Å². The minimum Gasteiger partial charge on any atom is -0.391 e. The summed E-state index contributed by atoms with van der Waals surface area (Å²) < 4.78 is 0. The summed E-state index contributed by atoms with van der Waals surface area (Å²) in [5, 5.41) is 13.0. The van der Waals surface area contributed by atoms with E-state index < -0.39 is 12.1 Å². The number of benzene rings is 1. The number of hydrogen-bond acceptors (Lipinski definition) is 4. The van der Waals surface area contributed by atoms with Gasteiger partial charge in [-0.25, -0.2) is 0 Å². The van der Waals surface area contributed by atoms with Crippen LogP contribution in [0.3, 0.4) is 0 Å². The summed E-state index contributed by atoms with van der Waals surface area (Å²) in [6.07, 6.45) is 1.78. The lowest BCUT2D eigenvalue weighted by Gasteiger charge is -2.33. The number of halogens is 1. The number of nitrogens with one attached hydrogen (secondary N) is 1. The average Bonchev–Trinajstić information content (AvgIpc) is 3.25. The van der Waals surface area contributed by atoms with Gasteiger partial charge in [0.25, 0.3) is 0 Å². The fraction of sp³-hybridized carbons (Fsp3) is 0.556. The van der Waals surface area contributed by atoms with Crippen molar-refractivity contribution in [3.05, 3.63) is 34.9 Å². The maximum Gasteiger partial charge on any atom is 0.241 e. The van der Waals surface area contributed by atoms with E-state index in [4.69, 9.17) is 11.6 Å². The molecule has 1 aromatic rings. The second-order valence-electron chi connectivity index (χ2n) is 6.69. The molecule has 2 aliphatic rings. The molecule has 6 nitrogen and oxygen atoms in total. The number of amides is 2. The monoisotopic (exact) mass is 365 g/mol. The second kappa shape index (κ2) is 7.72. The Morgan fingerprint density at radius 1 is 1.24 bits per heavy atom. The number of β-amino-alcohol motifs (C(OH)–C–C–N with tert-alkyl or cyclic N) is 1. The first-order valence-corrected chi connectivity index (χ1v) is 9.08. The Labute approximate surface area is 152 Å². The Kier molecular flexibility index (Phi) is 5.61. The molecule has 0 aromatic heterocycles. The molecular formula is C18H24ClN3O3. The summed E-state index contributed by atoms with van der Waals surface area (Å²) >= 11 is 5.97. The summed E-state index contributed by atoms with van der Waals surface area (Å²) in [6.45, 7) is 1.65. The van der Waals surface area contributed by atoms with Crippen molar-refractivity contribution < 1.29 is 14.7 Å². The van der Waals surface area contributed by atoms with Crippen LogP contribution in [0.25, 0.3) is 0 Å². The van der Waals surface area contributed by atoms with Gasteiger partial charge < -0.3 is 15.3 Å². The van der Waals surface area contributed by atoms with Gasteiger partial charge in [-0.1, -0.05) is 23.7 Å². The molecule has 7 heteroatoms. The van der Waals surface area contributed by atoms with Gasteiger partial charge >= 0.3 is 0 Å². The molecule has 136 valence electrons. The van der Waals surface area contributed by atoms with Gasteiger partial charge in [0.1, 0.15) is 6.04 Å². The normalized spacial score (nSPS) is 25.2. The largest absolute Gasteiger partial charge is 0.391 e. The molecule has 0 bridgehead atoms. The van der Waals surface area contributed by atoms with Gasteiger partial charge in [0.2, 0.25) is 11.8 Å². The van der Waals surface area contributed by atoms with E-state index >= 15 is 0 Å². The van der Waals surface area contributed by atoms with Crippen LogP contribution in [0.15, 0.2) is 24.3 Å². The highest BCUT2D eigenvalue weighted by Crippen LogP contribution is 2.32. The number of aliphatic hydroxyl groups is 1. The van der Waals surface area contributed by atoms with Crippen LogP contribution in [0.2, 0.25) is 5.02 Å². The Bertz CT molecular complexity index is 637. The third-order valence-electron chi connectivity index (χ3n) is 5.07. The zero-order valence-electron chi connectivity index (χ0n) is 14.3. The third-order valence-corrected chi connectivity index (χ3v) is 5.32. The van der Waals surface area contributed by atoms with Crippen LogP contribution in [-0.2, 0) is 9.59 Å². The number of likely N-dealkylation sites (N-methyl/N-ethyl adjacent to an activating group) is 1. The van der Waals surface area contributed by atoms with Crippen molar-refractivity contribution in [3.8, 4) is 0 Å². The summed E-state index contributed by atoms with van der Waals surface area (Å²) in [5.41, 5.74) is 0.824. The van der Waals surface area contributed by atoms with Crippen molar-refractivity contribution >= 4 is 23.4 Å².